The summed E-state index contributed by atoms with van der Waals surface area (Å²) < 4.78 is 0.485. The summed E-state index contributed by atoms with van der Waals surface area (Å²) in [6, 6.07) is 0. The molecule has 1 aromatic heterocycles. The van der Waals surface area contributed by atoms with Gasteiger partial charge in [0, 0.05) is 18.1 Å². The third kappa shape index (κ3) is 2.13. The van der Waals surface area contributed by atoms with Gasteiger partial charge in [-0.3, -0.25) is 4.98 Å². The molecule has 0 saturated carbocycles. The first kappa shape index (κ1) is 8.42. The van der Waals surface area contributed by atoms with E-state index in [1.807, 2.05) is 0 Å². The first-order valence-corrected chi connectivity index (χ1v) is 4.15. The normalized spacial score (nSPS) is 9.91. The van der Waals surface area contributed by atoms with E-state index in [4.69, 9.17) is 12.6 Å². The van der Waals surface area contributed by atoms with Crippen LogP contribution in [0.25, 0.3) is 0 Å². The van der Waals surface area contributed by atoms with Crippen molar-refractivity contribution in [3.63, 3.8) is 0 Å². The van der Waals surface area contributed by atoms with Gasteiger partial charge in [-0.25, -0.2) is 0 Å². The van der Waals surface area contributed by atoms with Crippen LogP contribution in [0.4, 0.5) is 0 Å². The van der Waals surface area contributed by atoms with E-state index in [0.717, 1.165) is 0 Å². The van der Waals surface area contributed by atoms with E-state index in [9.17, 15) is 9.90 Å². The Balaban J connectivity index is 2.85. The predicted molar refractivity (Wildman–Crippen MR) is 41.2 cm³/mol. The smallest absolute Gasteiger partial charge is 0.0451 e. The molecule has 0 aliphatic rings. The fraction of sp³-hybridized carbons (Fsp3) is 0.333. The number of carboxylic acids is 1. The first-order chi connectivity index (χ1) is 5.09. The van der Waals surface area contributed by atoms with E-state index in [-0.39, 0.29) is 6.42 Å². The number of carboxylic acid groups (broad SMARTS) is 1. The highest BCUT2D eigenvalue weighted by Crippen LogP contribution is 2.17. The van der Waals surface area contributed by atoms with Gasteiger partial charge in [-0.15, -0.1) is 0 Å². The van der Waals surface area contributed by atoms with E-state index in [1.54, 1.807) is 6.92 Å². The Labute approximate surface area is 73.5 Å². The third-order valence-electron chi connectivity index (χ3n) is 1.18. The summed E-state index contributed by atoms with van der Waals surface area (Å²) in [6.07, 6.45) is -0.0832. The van der Waals surface area contributed by atoms with Gasteiger partial charge < -0.3 is 33.9 Å². The highest BCUT2D eigenvalue weighted by Gasteiger charge is 1.96. The highest BCUT2D eigenvalue weighted by molar-refractivity contribution is 7.62. The lowest BCUT2D eigenvalue weighted by Gasteiger charge is -2.02. The Morgan fingerprint density at radius 3 is 2.82 bits per heavy atom. The molecule has 0 atom stereocenters. The molecule has 60 valence electrons. The quantitative estimate of drug-likeness (QED) is 0.594. The van der Waals surface area contributed by atoms with E-state index in [0.29, 0.717) is 14.9 Å². The largest absolute Gasteiger partial charge is 0.550 e. The molecule has 3 nitrogen and oxygen atoms in total. The number of rotatable bonds is 2. The molecule has 0 saturated heterocycles. The van der Waals surface area contributed by atoms with Gasteiger partial charge in [0.05, 0.1) is 0 Å². The van der Waals surface area contributed by atoms with Crippen LogP contribution in [0.15, 0.2) is 4.34 Å². The lowest BCUT2D eigenvalue weighted by molar-refractivity contribution is -0.304. The number of aliphatic carboxylic acids is 1. The highest BCUT2D eigenvalue weighted by atomic mass is 32.2. The molecule has 0 unspecified atom stereocenters. The van der Waals surface area contributed by atoms with Gasteiger partial charge in [0.15, 0.2) is 0 Å². The van der Waals surface area contributed by atoms with Gasteiger partial charge >= 0.3 is 0 Å². The van der Waals surface area contributed by atoms with Crippen LogP contribution >= 0.6 is 11.3 Å². The number of hydrogen-bond donors (Lipinski definition) is 0. The zero-order valence-corrected chi connectivity index (χ0v) is 7.42. The molecule has 0 bridgehead atoms. The molecule has 1 rings (SSSR count). The van der Waals surface area contributed by atoms with Crippen molar-refractivity contribution in [2.24, 2.45) is 0 Å². The van der Waals surface area contributed by atoms with Crippen LogP contribution in [0.5, 0.6) is 0 Å². The maximum absolute atomic E-state index is 10.2. The van der Waals surface area contributed by atoms with Crippen molar-refractivity contribution in [3.8, 4) is 0 Å². The fourth-order valence-corrected chi connectivity index (χ4v) is 1.91. The van der Waals surface area contributed by atoms with Crippen LogP contribution in [0.1, 0.15) is 10.6 Å². The van der Waals surface area contributed by atoms with Crippen LogP contribution in [0.3, 0.4) is 0 Å². The van der Waals surface area contributed by atoms with Crippen molar-refractivity contribution in [2.45, 2.75) is 17.7 Å². The number of aryl methyl sites for hydroxylation is 1. The first-order valence-electron chi connectivity index (χ1n) is 2.92. The number of hydrogen-bond acceptors (Lipinski definition) is 5. The van der Waals surface area contributed by atoms with Crippen LogP contribution in [0, 0.1) is 6.92 Å². The Morgan fingerprint density at radius 1 is 1.82 bits per heavy atom. The van der Waals surface area contributed by atoms with Gasteiger partial charge in [-0.05, 0) is 11.3 Å². The Hall–Kier alpha value is -0.680. The molecule has 1 aromatic rings. The van der Waals surface area contributed by atoms with Crippen LogP contribution < -0.4 is 5.11 Å². The van der Waals surface area contributed by atoms with Gasteiger partial charge in [-0.1, -0.05) is 4.88 Å². The Kier molecular flexibility index (Phi) is 2.41. The summed E-state index contributed by atoms with van der Waals surface area (Å²) >= 11 is 5.99. The maximum Gasteiger partial charge on any atom is 0.0451 e. The maximum atomic E-state index is 10.2. The molecule has 0 aliphatic carbocycles. The average Bonchev–Trinajstić information content (AvgIpc) is 2.09. The summed E-state index contributed by atoms with van der Waals surface area (Å²) in [4.78, 5) is 14.8. The SMILES string of the molecule is Cc1nc([S-])sc1CC(=O)[O-]. The number of nitrogens with zero attached hydrogens (tertiary/aromatic N) is 1. The molecule has 0 spiro atoms. The lowest BCUT2D eigenvalue weighted by Crippen LogP contribution is -2.24. The second kappa shape index (κ2) is 3.15. The van der Waals surface area contributed by atoms with Crippen molar-refractivity contribution in [3.05, 3.63) is 10.6 Å². The minimum absolute atomic E-state index is 0.0832. The molecule has 1 heterocycles. The van der Waals surface area contributed by atoms with Crippen LogP contribution in [-0.2, 0) is 23.8 Å². The molecule has 0 aliphatic heterocycles. The minimum Gasteiger partial charge on any atom is -0.550 e. The molecule has 11 heavy (non-hydrogen) atoms. The molecule has 0 aromatic carbocycles. The van der Waals surface area contributed by atoms with Crippen molar-refractivity contribution in [2.75, 3.05) is 0 Å². The summed E-state index contributed by atoms with van der Waals surface area (Å²) in [6.45, 7) is 1.74. The van der Waals surface area contributed by atoms with Crippen molar-refractivity contribution in [1.29, 1.82) is 0 Å². The van der Waals surface area contributed by atoms with Gasteiger partial charge in [0.1, 0.15) is 0 Å². The van der Waals surface area contributed by atoms with E-state index in [1.165, 1.54) is 11.3 Å². The third-order valence-corrected chi connectivity index (χ3v) is 2.47. The number of thiazole rings is 1. The van der Waals surface area contributed by atoms with E-state index < -0.39 is 5.97 Å². The summed E-state index contributed by atoms with van der Waals surface area (Å²) in [5.41, 5.74) is 0.698. The second-order valence-electron chi connectivity index (χ2n) is 2.04. The number of aromatic nitrogens is 1. The summed E-state index contributed by atoms with van der Waals surface area (Å²) in [5, 5.41) is 10.2. The summed E-state index contributed by atoms with van der Waals surface area (Å²) in [5.74, 6) is -1.09. The fourth-order valence-electron chi connectivity index (χ4n) is 0.696. The standard InChI is InChI=1S/C6H7NO2S2/c1-3-4(2-5(8)9)11-6(10)7-3/h2H2,1H3,(H,7,10)(H,8,9)/p-2. The van der Waals surface area contributed by atoms with E-state index in [2.05, 4.69) is 4.98 Å². The zero-order chi connectivity index (χ0) is 8.43. The van der Waals surface area contributed by atoms with Gasteiger partial charge in [-0.2, -0.15) is 0 Å². The van der Waals surface area contributed by atoms with Crippen LogP contribution in [-0.4, -0.2) is 11.0 Å². The van der Waals surface area contributed by atoms with Gasteiger partial charge in [0.25, 0.3) is 0 Å². The van der Waals surface area contributed by atoms with Crippen molar-refractivity contribution in [1.82, 2.24) is 4.98 Å². The number of carbonyl (C=O) groups is 1. The molecule has 0 fully saturated rings. The molecule has 0 radical (unpaired) electrons. The second-order valence-corrected chi connectivity index (χ2v) is 3.77. The molecule has 5 heteroatoms. The molecular weight excluding hydrogens is 182 g/mol. The van der Waals surface area contributed by atoms with Crippen LogP contribution in [0.2, 0.25) is 0 Å². The zero-order valence-electron chi connectivity index (χ0n) is 5.79. The Morgan fingerprint density at radius 2 is 2.45 bits per heavy atom. The van der Waals surface area contributed by atoms with Crippen molar-refractivity contribution < 1.29 is 9.90 Å². The Bertz CT molecular complexity index is 282. The lowest BCUT2D eigenvalue weighted by atomic mass is 10.3. The summed E-state index contributed by atoms with van der Waals surface area (Å²) in [7, 11) is 0. The average molecular weight is 187 g/mol. The van der Waals surface area contributed by atoms with Crippen molar-refractivity contribution >= 4 is 29.9 Å². The minimum atomic E-state index is -1.09. The predicted octanol–water partition coefficient (Wildman–Crippen LogP) is -0.350. The molecule has 0 amide bonds. The van der Waals surface area contributed by atoms with E-state index >= 15 is 0 Å². The molecule has 0 N–H and O–H groups in total. The topological polar surface area (TPSA) is 53.0 Å². The van der Waals surface area contributed by atoms with Gasteiger partial charge in [0.2, 0.25) is 0 Å². The monoisotopic (exact) mass is 187 g/mol. The number of carbonyl (C=O) groups excluding carboxylic acids is 1. The molecular formula is C6H5NO2S2-2.